The first-order valence-corrected chi connectivity index (χ1v) is 13.0. The number of nitrogens with one attached hydrogen (secondary N) is 2. The second-order valence-electron chi connectivity index (χ2n) is 9.38. The molecule has 3 heterocycles. The Bertz CT molecular complexity index is 1510. The van der Waals surface area contributed by atoms with Gasteiger partial charge >= 0.3 is 5.97 Å². The average molecular weight is 545 g/mol. The number of hydrogen-bond acceptors (Lipinski definition) is 8. The van der Waals surface area contributed by atoms with Crippen molar-refractivity contribution in [2.24, 2.45) is 0 Å². The van der Waals surface area contributed by atoms with Crippen molar-refractivity contribution in [3.63, 3.8) is 0 Å². The van der Waals surface area contributed by atoms with Crippen LogP contribution in [0.1, 0.15) is 34.5 Å². The van der Waals surface area contributed by atoms with E-state index in [0.29, 0.717) is 60.0 Å². The van der Waals surface area contributed by atoms with Crippen molar-refractivity contribution in [1.82, 2.24) is 9.55 Å². The van der Waals surface area contributed by atoms with Gasteiger partial charge in [-0.05, 0) is 30.5 Å². The lowest BCUT2D eigenvalue weighted by Gasteiger charge is -2.14. The first-order chi connectivity index (χ1) is 19.5. The number of aromatic nitrogens is 2. The summed E-state index contributed by atoms with van der Waals surface area (Å²) in [7, 11) is 4.51. The van der Waals surface area contributed by atoms with E-state index in [2.05, 4.69) is 10.6 Å². The molecule has 0 saturated carbocycles. The van der Waals surface area contributed by atoms with E-state index in [4.69, 9.17) is 23.9 Å². The summed E-state index contributed by atoms with van der Waals surface area (Å²) in [6.45, 7) is 1.32. The highest BCUT2D eigenvalue weighted by molar-refractivity contribution is 6.12. The molecule has 0 aliphatic carbocycles. The molecule has 4 aromatic rings. The van der Waals surface area contributed by atoms with Gasteiger partial charge in [-0.2, -0.15) is 0 Å². The van der Waals surface area contributed by atoms with Crippen LogP contribution in [0.4, 0.5) is 11.4 Å². The Balaban J connectivity index is 1.57. The van der Waals surface area contributed by atoms with Crippen LogP contribution in [0.3, 0.4) is 0 Å². The molecular formula is C30H32N4O6. The Hall–Kier alpha value is -4.57. The van der Waals surface area contributed by atoms with E-state index in [0.717, 1.165) is 17.5 Å². The predicted octanol–water partition coefficient (Wildman–Crippen LogP) is 4.62. The maximum absolute atomic E-state index is 13.2. The predicted molar refractivity (Wildman–Crippen MR) is 151 cm³/mol. The number of nitrogens with zero attached hydrogens (tertiary/aromatic N) is 2. The summed E-state index contributed by atoms with van der Waals surface area (Å²) in [5.41, 5.74) is 3.65. The zero-order chi connectivity index (χ0) is 28.1. The molecule has 1 fully saturated rings. The minimum atomic E-state index is -0.577. The number of anilines is 2. The van der Waals surface area contributed by atoms with Crippen LogP contribution in [0.25, 0.3) is 11.0 Å². The van der Waals surface area contributed by atoms with Crippen molar-refractivity contribution in [2.75, 3.05) is 38.6 Å². The van der Waals surface area contributed by atoms with Crippen molar-refractivity contribution < 1.29 is 28.5 Å². The third-order valence-electron chi connectivity index (χ3n) is 6.90. The Morgan fingerprint density at radius 3 is 2.60 bits per heavy atom. The minimum absolute atomic E-state index is 0.215. The molecule has 1 saturated heterocycles. The van der Waals surface area contributed by atoms with E-state index in [1.54, 1.807) is 25.0 Å². The van der Waals surface area contributed by atoms with Crippen molar-refractivity contribution in [3.8, 4) is 11.5 Å². The second kappa shape index (κ2) is 12.1. The lowest BCUT2D eigenvalue weighted by molar-refractivity contribution is -0.124. The molecule has 1 amide bonds. The van der Waals surface area contributed by atoms with Crippen LogP contribution in [0.2, 0.25) is 0 Å². The molecule has 10 heteroatoms. The summed E-state index contributed by atoms with van der Waals surface area (Å²) < 4.78 is 23.5. The van der Waals surface area contributed by atoms with Crippen LogP contribution >= 0.6 is 0 Å². The summed E-state index contributed by atoms with van der Waals surface area (Å²) >= 11 is 0. The number of benzene rings is 2. The number of esters is 1. The van der Waals surface area contributed by atoms with Crippen LogP contribution in [-0.2, 0) is 27.4 Å². The van der Waals surface area contributed by atoms with Crippen LogP contribution in [-0.4, -0.2) is 55.5 Å². The van der Waals surface area contributed by atoms with Gasteiger partial charge < -0.3 is 34.1 Å². The van der Waals surface area contributed by atoms with Crippen molar-refractivity contribution in [3.05, 3.63) is 77.6 Å². The molecule has 2 N–H and O–H groups in total. The maximum atomic E-state index is 13.2. The SMILES string of the molecule is COC(=O)c1c(NC(=O)C2CCCO2)c2cc(NCc3cccc(OC)c3OC)cnc2n1Cc1ccccc1. The smallest absolute Gasteiger partial charge is 0.356 e. The summed E-state index contributed by atoms with van der Waals surface area (Å²) in [5, 5.41) is 6.94. The number of pyridine rings is 1. The number of methoxy groups -OCH3 is 3. The van der Waals surface area contributed by atoms with Gasteiger partial charge in [0, 0.05) is 30.6 Å². The Kier molecular flexibility index (Phi) is 8.16. The third-order valence-corrected chi connectivity index (χ3v) is 6.90. The molecule has 0 bridgehead atoms. The molecule has 1 atom stereocenters. The molecule has 1 aliphatic heterocycles. The van der Waals surface area contributed by atoms with Gasteiger partial charge in [-0.3, -0.25) is 4.79 Å². The first-order valence-electron chi connectivity index (χ1n) is 13.0. The highest BCUT2D eigenvalue weighted by Gasteiger charge is 2.30. The van der Waals surface area contributed by atoms with Gasteiger partial charge in [-0.15, -0.1) is 0 Å². The number of carbonyl (C=O) groups excluding carboxylic acids is 2. The van der Waals surface area contributed by atoms with Crippen LogP contribution in [0.5, 0.6) is 11.5 Å². The summed E-state index contributed by atoms with van der Waals surface area (Å²) in [5.74, 6) is 0.390. The Labute approximate surface area is 232 Å². The highest BCUT2D eigenvalue weighted by Crippen LogP contribution is 2.35. The van der Waals surface area contributed by atoms with Gasteiger partial charge in [-0.1, -0.05) is 42.5 Å². The van der Waals surface area contributed by atoms with Crippen molar-refractivity contribution in [2.45, 2.75) is 32.0 Å². The fourth-order valence-electron chi connectivity index (χ4n) is 4.96. The van der Waals surface area contributed by atoms with Crippen molar-refractivity contribution >= 4 is 34.3 Å². The van der Waals surface area contributed by atoms with E-state index in [9.17, 15) is 9.59 Å². The standard InChI is InChI=1S/C30H32N4O6/c1-37-23-12-7-11-20(27(23)38-2)16-31-21-15-22-25(33-29(35)24-13-8-14-40-24)26(30(36)39-3)34(28(22)32-17-21)18-19-9-5-4-6-10-19/h4-7,9-12,15,17,24,31H,8,13-14,16,18H2,1-3H3,(H,33,35). The Morgan fingerprint density at radius 1 is 1.07 bits per heavy atom. The van der Waals surface area contributed by atoms with Gasteiger partial charge in [0.05, 0.1) is 38.9 Å². The first kappa shape index (κ1) is 27.0. The molecule has 10 nitrogen and oxygen atoms in total. The topological polar surface area (TPSA) is 113 Å². The summed E-state index contributed by atoms with van der Waals surface area (Å²) in [6, 6.07) is 17.3. The Morgan fingerprint density at radius 2 is 1.90 bits per heavy atom. The molecule has 1 unspecified atom stereocenters. The minimum Gasteiger partial charge on any atom is -0.493 e. The molecular weight excluding hydrogens is 512 g/mol. The highest BCUT2D eigenvalue weighted by atomic mass is 16.5. The van der Waals surface area contributed by atoms with Crippen LogP contribution in [0, 0.1) is 0 Å². The quantitative estimate of drug-likeness (QED) is 0.278. The number of carbonyl (C=O) groups is 2. The molecule has 0 spiro atoms. The van der Waals surface area contributed by atoms with Crippen molar-refractivity contribution in [1.29, 1.82) is 0 Å². The monoisotopic (exact) mass is 544 g/mol. The molecule has 2 aromatic heterocycles. The number of para-hydroxylation sites is 1. The zero-order valence-electron chi connectivity index (χ0n) is 22.7. The molecule has 208 valence electrons. The number of ether oxygens (including phenoxy) is 4. The molecule has 1 aliphatic rings. The van der Waals surface area contributed by atoms with Gasteiger partial charge in [0.15, 0.2) is 17.2 Å². The van der Waals surface area contributed by atoms with Crippen LogP contribution < -0.4 is 20.1 Å². The van der Waals surface area contributed by atoms with Gasteiger partial charge in [0.1, 0.15) is 11.8 Å². The fraction of sp³-hybridized carbons (Fsp3) is 0.300. The largest absolute Gasteiger partial charge is 0.493 e. The van der Waals surface area contributed by atoms with E-state index in [1.165, 1.54) is 7.11 Å². The van der Waals surface area contributed by atoms with Crippen LogP contribution in [0.15, 0.2) is 60.8 Å². The average Bonchev–Trinajstić information content (AvgIpc) is 3.63. The number of fused-ring (bicyclic) bond motifs is 1. The summed E-state index contributed by atoms with van der Waals surface area (Å²) in [6.07, 6.45) is 2.55. The normalized spacial score (nSPS) is 14.6. The third kappa shape index (κ3) is 5.43. The maximum Gasteiger partial charge on any atom is 0.356 e. The lowest BCUT2D eigenvalue weighted by atomic mass is 10.1. The molecule has 2 aromatic carbocycles. The second-order valence-corrected chi connectivity index (χ2v) is 9.38. The molecule has 40 heavy (non-hydrogen) atoms. The molecule has 0 radical (unpaired) electrons. The van der Waals surface area contributed by atoms with Gasteiger partial charge in [0.25, 0.3) is 5.91 Å². The van der Waals surface area contributed by atoms with Gasteiger partial charge in [-0.25, -0.2) is 9.78 Å². The van der Waals surface area contributed by atoms with E-state index in [1.807, 2.05) is 54.6 Å². The number of amides is 1. The fourth-order valence-corrected chi connectivity index (χ4v) is 4.96. The van der Waals surface area contributed by atoms with Gasteiger partial charge in [0.2, 0.25) is 0 Å². The van der Waals surface area contributed by atoms with E-state index >= 15 is 0 Å². The summed E-state index contributed by atoms with van der Waals surface area (Å²) in [4.78, 5) is 31.0. The van der Waals surface area contributed by atoms with E-state index in [-0.39, 0.29) is 11.6 Å². The lowest BCUT2D eigenvalue weighted by Crippen LogP contribution is -2.28. The zero-order valence-corrected chi connectivity index (χ0v) is 22.7. The number of hydrogen-bond donors (Lipinski definition) is 2. The molecule has 5 rings (SSSR count). The number of rotatable bonds is 10. The van der Waals surface area contributed by atoms with E-state index < -0.39 is 12.1 Å².